The number of sulfonamides is 1. The molecule has 134 valence electrons. The summed E-state index contributed by atoms with van der Waals surface area (Å²) >= 11 is 1.62. The molecule has 2 aromatic rings. The van der Waals surface area contributed by atoms with E-state index in [9.17, 15) is 13.2 Å². The number of rotatable bonds is 7. The number of anilines is 1. The van der Waals surface area contributed by atoms with Crippen LogP contribution in [-0.4, -0.2) is 37.7 Å². The molecule has 0 saturated carbocycles. The maximum Gasteiger partial charge on any atom is 0.247 e. The Bertz CT molecular complexity index is 823. The van der Waals surface area contributed by atoms with E-state index in [-0.39, 0.29) is 5.91 Å². The fourth-order valence-electron chi connectivity index (χ4n) is 2.41. The van der Waals surface area contributed by atoms with Crippen LogP contribution in [0, 0.1) is 0 Å². The van der Waals surface area contributed by atoms with Crippen molar-refractivity contribution in [1.29, 1.82) is 0 Å². The van der Waals surface area contributed by atoms with E-state index in [2.05, 4.69) is 5.32 Å². The van der Waals surface area contributed by atoms with Crippen molar-refractivity contribution in [3.63, 3.8) is 0 Å². The Morgan fingerprint density at radius 1 is 1.12 bits per heavy atom. The predicted octanol–water partition coefficient (Wildman–Crippen LogP) is 3.37. The molecule has 0 aromatic heterocycles. The van der Waals surface area contributed by atoms with Crippen molar-refractivity contribution in [1.82, 2.24) is 4.31 Å². The van der Waals surface area contributed by atoms with Crippen LogP contribution < -0.4 is 5.32 Å². The maximum absolute atomic E-state index is 12.9. The highest BCUT2D eigenvalue weighted by Crippen LogP contribution is 2.29. The monoisotopic (exact) mass is 378 g/mol. The molecule has 25 heavy (non-hydrogen) atoms. The van der Waals surface area contributed by atoms with Gasteiger partial charge in [0.1, 0.15) is 6.04 Å². The van der Waals surface area contributed by atoms with Crippen molar-refractivity contribution in [2.45, 2.75) is 17.9 Å². The minimum absolute atomic E-state index is 0.386. The second-order valence-electron chi connectivity index (χ2n) is 5.51. The molecule has 0 aliphatic rings. The highest BCUT2D eigenvalue weighted by Gasteiger charge is 2.31. The fourth-order valence-corrected chi connectivity index (χ4v) is 3.77. The lowest BCUT2D eigenvalue weighted by Gasteiger charge is -2.26. The van der Waals surface area contributed by atoms with Gasteiger partial charge in [-0.15, -0.1) is 11.8 Å². The van der Waals surface area contributed by atoms with Crippen LogP contribution in [0.15, 0.2) is 59.5 Å². The highest BCUT2D eigenvalue weighted by molar-refractivity contribution is 7.99. The standard InChI is InChI=1S/C18H22N2O3S2/c1-4-24-16-13-9-8-12-15(16)19-18(21)17(20(2)25(3,22)23)14-10-6-5-7-11-14/h5-13,17H,4H2,1-3H3,(H,19,21)/t17-/m1/s1. The number of nitrogens with zero attached hydrogens (tertiary/aromatic N) is 1. The second-order valence-corrected chi connectivity index (χ2v) is 8.86. The van der Waals surface area contributed by atoms with E-state index in [4.69, 9.17) is 0 Å². The van der Waals surface area contributed by atoms with Crippen molar-refractivity contribution >= 4 is 33.4 Å². The topological polar surface area (TPSA) is 66.5 Å². The summed E-state index contributed by atoms with van der Waals surface area (Å²) in [7, 11) is -2.12. The first-order valence-electron chi connectivity index (χ1n) is 7.85. The van der Waals surface area contributed by atoms with Crippen LogP contribution in [0.3, 0.4) is 0 Å². The Kier molecular flexibility index (Phi) is 6.64. The summed E-state index contributed by atoms with van der Waals surface area (Å²) in [5.41, 5.74) is 1.30. The first-order valence-corrected chi connectivity index (χ1v) is 10.7. The van der Waals surface area contributed by atoms with Gasteiger partial charge in [0.15, 0.2) is 0 Å². The van der Waals surface area contributed by atoms with Gasteiger partial charge in [0, 0.05) is 11.9 Å². The first-order chi connectivity index (χ1) is 11.8. The average molecular weight is 379 g/mol. The molecule has 5 nitrogen and oxygen atoms in total. The summed E-state index contributed by atoms with van der Waals surface area (Å²) in [6.45, 7) is 2.04. The highest BCUT2D eigenvalue weighted by atomic mass is 32.2. The molecule has 0 spiro atoms. The van der Waals surface area contributed by atoms with E-state index >= 15 is 0 Å². The molecular formula is C18H22N2O3S2. The zero-order chi connectivity index (χ0) is 18.4. The van der Waals surface area contributed by atoms with E-state index in [0.717, 1.165) is 21.2 Å². The molecule has 1 N–H and O–H groups in total. The van der Waals surface area contributed by atoms with Crippen molar-refractivity contribution in [2.24, 2.45) is 0 Å². The Morgan fingerprint density at radius 2 is 1.72 bits per heavy atom. The Labute approximate surface area is 153 Å². The van der Waals surface area contributed by atoms with E-state index in [0.29, 0.717) is 11.3 Å². The van der Waals surface area contributed by atoms with Gasteiger partial charge in [-0.25, -0.2) is 8.42 Å². The van der Waals surface area contributed by atoms with Crippen LogP contribution in [0.5, 0.6) is 0 Å². The molecule has 0 fully saturated rings. The molecule has 0 unspecified atom stereocenters. The smallest absolute Gasteiger partial charge is 0.247 e. The van der Waals surface area contributed by atoms with E-state index < -0.39 is 16.1 Å². The third kappa shape index (κ3) is 5.07. The van der Waals surface area contributed by atoms with Gasteiger partial charge in [0.05, 0.1) is 11.9 Å². The van der Waals surface area contributed by atoms with Gasteiger partial charge >= 0.3 is 0 Å². The fraction of sp³-hybridized carbons (Fsp3) is 0.278. The van der Waals surface area contributed by atoms with Crippen LogP contribution in [0.4, 0.5) is 5.69 Å². The molecular weight excluding hydrogens is 356 g/mol. The van der Waals surface area contributed by atoms with Gasteiger partial charge in [-0.2, -0.15) is 4.31 Å². The van der Waals surface area contributed by atoms with Gasteiger partial charge in [-0.3, -0.25) is 4.79 Å². The van der Waals surface area contributed by atoms with Crippen LogP contribution in [0.25, 0.3) is 0 Å². The van der Waals surface area contributed by atoms with Crippen molar-refractivity contribution in [2.75, 3.05) is 24.4 Å². The lowest BCUT2D eigenvalue weighted by atomic mass is 10.1. The zero-order valence-electron chi connectivity index (χ0n) is 14.5. The average Bonchev–Trinajstić information content (AvgIpc) is 2.57. The van der Waals surface area contributed by atoms with Gasteiger partial charge in [0.2, 0.25) is 15.9 Å². The van der Waals surface area contributed by atoms with E-state index in [1.165, 1.54) is 7.05 Å². The van der Waals surface area contributed by atoms with Crippen molar-refractivity contribution < 1.29 is 13.2 Å². The number of para-hydroxylation sites is 1. The lowest BCUT2D eigenvalue weighted by molar-refractivity contribution is -0.119. The summed E-state index contributed by atoms with van der Waals surface area (Å²) in [5.74, 6) is 0.487. The van der Waals surface area contributed by atoms with E-state index in [1.807, 2.05) is 37.3 Å². The second kappa shape index (κ2) is 8.51. The molecule has 0 bridgehead atoms. The molecule has 0 heterocycles. The number of carbonyl (C=O) groups is 1. The number of hydrogen-bond donors (Lipinski definition) is 1. The molecule has 0 radical (unpaired) electrons. The van der Waals surface area contributed by atoms with Crippen molar-refractivity contribution in [3.8, 4) is 0 Å². The van der Waals surface area contributed by atoms with Crippen LogP contribution in [0.2, 0.25) is 0 Å². The third-order valence-corrected chi connectivity index (χ3v) is 5.91. The summed E-state index contributed by atoms with van der Waals surface area (Å²) in [6, 6.07) is 15.5. The van der Waals surface area contributed by atoms with E-state index in [1.54, 1.807) is 36.0 Å². The Hall–Kier alpha value is -1.83. The molecule has 1 atom stereocenters. The van der Waals surface area contributed by atoms with Crippen LogP contribution in [0.1, 0.15) is 18.5 Å². The molecule has 2 rings (SSSR count). The summed E-state index contributed by atoms with van der Waals surface area (Å²) in [6.07, 6.45) is 1.09. The number of likely N-dealkylation sites (N-methyl/N-ethyl adjacent to an activating group) is 1. The van der Waals surface area contributed by atoms with Crippen LogP contribution >= 0.6 is 11.8 Å². The quantitative estimate of drug-likeness (QED) is 0.750. The Balaban J connectivity index is 2.37. The largest absolute Gasteiger partial charge is 0.323 e. The lowest BCUT2D eigenvalue weighted by Crippen LogP contribution is -2.38. The molecule has 0 aliphatic carbocycles. The maximum atomic E-state index is 12.9. The molecule has 0 aliphatic heterocycles. The summed E-state index contributed by atoms with van der Waals surface area (Å²) < 4.78 is 25.1. The number of carbonyl (C=O) groups excluding carboxylic acids is 1. The van der Waals surface area contributed by atoms with Gasteiger partial charge in [-0.05, 0) is 23.4 Å². The molecule has 7 heteroatoms. The molecule has 2 aromatic carbocycles. The predicted molar refractivity (Wildman–Crippen MR) is 103 cm³/mol. The number of thioether (sulfide) groups is 1. The van der Waals surface area contributed by atoms with Gasteiger partial charge < -0.3 is 5.32 Å². The summed E-state index contributed by atoms with van der Waals surface area (Å²) in [5, 5.41) is 2.88. The third-order valence-electron chi connectivity index (χ3n) is 3.70. The number of hydrogen-bond acceptors (Lipinski definition) is 4. The SMILES string of the molecule is CCSc1ccccc1NC(=O)[C@@H](c1ccccc1)N(C)S(C)(=O)=O. The minimum atomic E-state index is -3.54. The van der Waals surface area contributed by atoms with Gasteiger partial charge in [-0.1, -0.05) is 49.4 Å². The van der Waals surface area contributed by atoms with Gasteiger partial charge in [0.25, 0.3) is 0 Å². The number of amides is 1. The number of nitrogens with one attached hydrogen (secondary N) is 1. The first kappa shape index (κ1) is 19.5. The van der Waals surface area contributed by atoms with Crippen LogP contribution in [-0.2, 0) is 14.8 Å². The Morgan fingerprint density at radius 3 is 2.32 bits per heavy atom. The van der Waals surface area contributed by atoms with Crippen molar-refractivity contribution in [3.05, 3.63) is 60.2 Å². The zero-order valence-corrected chi connectivity index (χ0v) is 16.1. The molecule has 1 amide bonds. The number of benzene rings is 2. The summed E-state index contributed by atoms with van der Waals surface area (Å²) in [4.78, 5) is 13.9. The molecule has 0 saturated heterocycles. The minimum Gasteiger partial charge on any atom is -0.323 e. The normalized spacial score (nSPS) is 12.8.